The third kappa shape index (κ3) is 1.46. The number of hydrogen-bond donors (Lipinski definition) is 1. The van der Waals surface area contributed by atoms with Crippen molar-refractivity contribution in [2.24, 2.45) is 17.8 Å². The maximum Gasteiger partial charge on any atom is 0.0876 e. The van der Waals surface area contributed by atoms with Crippen LogP contribution >= 0.6 is 0 Å². The first-order valence-electron chi connectivity index (χ1n) is 5.83. The maximum atomic E-state index is 10.2. The Bertz CT molecular complexity index is 249. The van der Waals surface area contributed by atoms with Crippen LogP contribution in [-0.4, -0.2) is 17.8 Å². The Kier molecular flexibility index (Phi) is 2.05. The van der Waals surface area contributed by atoms with E-state index in [2.05, 4.69) is 0 Å². The second kappa shape index (κ2) is 3.27. The monoisotopic (exact) mass is 194 g/mol. The average molecular weight is 194 g/mol. The zero-order valence-corrected chi connectivity index (χ0v) is 8.48. The van der Waals surface area contributed by atoms with Crippen molar-refractivity contribution in [1.82, 2.24) is 0 Å². The molecule has 3 unspecified atom stereocenters. The molecule has 3 aliphatic rings. The molecule has 0 spiro atoms. The summed E-state index contributed by atoms with van der Waals surface area (Å²) >= 11 is 0. The zero-order valence-electron chi connectivity index (χ0n) is 8.48. The lowest BCUT2D eigenvalue weighted by atomic mass is 9.89. The summed E-state index contributed by atoms with van der Waals surface area (Å²) in [6.45, 7) is 0.826. The second-order valence-electron chi connectivity index (χ2n) is 5.10. The van der Waals surface area contributed by atoms with E-state index in [9.17, 15) is 5.11 Å². The molecule has 2 fully saturated rings. The van der Waals surface area contributed by atoms with E-state index in [0.717, 1.165) is 36.9 Å². The summed E-state index contributed by atoms with van der Waals surface area (Å²) in [5.41, 5.74) is 1.14. The molecule has 0 saturated heterocycles. The lowest BCUT2D eigenvalue weighted by Crippen LogP contribution is -2.23. The van der Waals surface area contributed by atoms with E-state index in [1.165, 1.54) is 19.3 Å². The van der Waals surface area contributed by atoms with Crippen LogP contribution in [0.1, 0.15) is 32.1 Å². The van der Waals surface area contributed by atoms with Crippen LogP contribution in [0, 0.1) is 17.8 Å². The second-order valence-corrected chi connectivity index (χ2v) is 5.10. The van der Waals surface area contributed by atoms with Crippen molar-refractivity contribution in [1.29, 1.82) is 0 Å². The van der Waals surface area contributed by atoms with Crippen LogP contribution in [0.2, 0.25) is 0 Å². The fourth-order valence-electron chi connectivity index (χ4n) is 3.12. The molecule has 14 heavy (non-hydrogen) atoms. The predicted molar refractivity (Wildman–Crippen MR) is 53.6 cm³/mol. The van der Waals surface area contributed by atoms with Crippen molar-refractivity contribution in [2.75, 3.05) is 6.61 Å². The third-order valence-corrected chi connectivity index (χ3v) is 4.07. The minimum atomic E-state index is -0.205. The Labute approximate surface area is 85.0 Å². The lowest BCUT2D eigenvalue weighted by Gasteiger charge is -2.24. The number of fused-ring (bicyclic) bond motifs is 1. The van der Waals surface area contributed by atoms with Gasteiger partial charge in [0.15, 0.2) is 0 Å². The first-order valence-corrected chi connectivity index (χ1v) is 5.83. The van der Waals surface area contributed by atoms with E-state index in [0.29, 0.717) is 5.92 Å². The molecule has 2 nitrogen and oxygen atoms in total. The molecule has 3 atom stereocenters. The maximum absolute atomic E-state index is 10.2. The first kappa shape index (κ1) is 8.78. The number of ether oxygens (including phenoxy) is 1. The van der Waals surface area contributed by atoms with Crippen LogP contribution in [0.5, 0.6) is 0 Å². The molecule has 2 aliphatic carbocycles. The molecular weight excluding hydrogens is 176 g/mol. The van der Waals surface area contributed by atoms with Crippen molar-refractivity contribution in [3.05, 3.63) is 11.8 Å². The highest BCUT2D eigenvalue weighted by Crippen LogP contribution is 2.55. The molecule has 0 radical (unpaired) electrons. The van der Waals surface area contributed by atoms with Crippen molar-refractivity contribution in [3.63, 3.8) is 0 Å². The van der Waals surface area contributed by atoms with Crippen molar-refractivity contribution in [2.45, 2.75) is 38.2 Å². The smallest absolute Gasteiger partial charge is 0.0876 e. The van der Waals surface area contributed by atoms with E-state index in [-0.39, 0.29) is 6.10 Å². The number of hydrogen-bond acceptors (Lipinski definition) is 2. The van der Waals surface area contributed by atoms with Crippen molar-refractivity contribution < 1.29 is 9.84 Å². The normalized spacial score (nSPS) is 42.4. The van der Waals surface area contributed by atoms with Gasteiger partial charge in [0.1, 0.15) is 0 Å². The molecule has 2 saturated carbocycles. The molecule has 1 aliphatic heterocycles. The standard InChI is InChI=1S/C12H18O2/c13-12(8-2-1-3-14-7-8)11-5-9-4-10(9)6-11/h7,9-13H,1-6H2. The summed E-state index contributed by atoms with van der Waals surface area (Å²) in [6, 6.07) is 0. The van der Waals surface area contributed by atoms with Gasteiger partial charge in [-0.1, -0.05) is 0 Å². The SMILES string of the molecule is OC(C1=COCCC1)C1CC2CC2C1. The molecule has 78 valence electrons. The van der Waals surface area contributed by atoms with Crippen LogP contribution in [0.25, 0.3) is 0 Å². The number of aliphatic hydroxyl groups is 1. The van der Waals surface area contributed by atoms with Crippen LogP contribution < -0.4 is 0 Å². The van der Waals surface area contributed by atoms with Gasteiger partial charge in [0, 0.05) is 0 Å². The highest BCUT2D eigenvalue weighted by molar-refractivity contribution is 5.12. The summed E-state index contributed by atoms with van der Waals surface area (Å²) in [5.74, 6) is 2.45. The molecule has 1 N–H and O–H groups in total. The topological polar surface area (TPSA) is 29.5 Å². The zero-order chi connectivity index (χ0) is 9.54. The van der Waals surface area contributed by atoms with E-state index in [4.69, 9.17) is 4.74 Å². The molecule has 0 aromatic carbocycles. The van der Waals surface area contributed by atoms with Gasteiger partial charge in [0.25, 0.3) is 0 Å². The number of aliphatic hydroxyl groups excluding tert-OH is 1. The molecule has 0 amide bonds. The fraction of sp³-hybridized carbons (Fsp3) is 0.833. The van der Waals surface area contributed by atoms with E-state index in [1.807, 2.05) is 0 Å². The van der Waals surface area contributed by atoms with Gasteiger partial charge in [-0.3, -0.25) is 0 Å². The third-order valence-electron chi connectivity index (χ3n) is 4.07. The van der Waals surface area contributed by atoms with Crippen LogP contribution in [0.15, 0.2) is 11.8 Å². The van der Waals surface area contributed by atoms with Gasteiger partial charge in [-0.2, -0.15) is 0 Å². The van der Waals surface area contributed by atoms with Gasteiger partial charge in [0.05, 0.1) is 19.0 Å². The highest BCUT2D eigenvalue weighted by Gasteiger charge is 2.48. The van der Waals surface area contributed by atoms with E-state index in [1.54, 1.807) is 6.26 Å². The minimum Gasteiger partial charge on any atom is -0.501 e. The minimum absolute atomic E-state index is 0.205. The quantitative estimate of drug-likeness (QED) is 0.729. The van der Waals surface area contributed by atoms with Gasteiger partial charge in [-0.05, 0) is 55.4 Å². The van der Waals surface area contributed by atoms with Crippen molar-refractivity contribution in [3.8, 4) is 0 Å². The Morgan fingerprint density at radius 1 is 1.29 bits per heavy atom. The van der Waals surface area contributed by atoms with E-state index >= 15 is 0 Å². The average Bonchev–Trinajstić information content (AvgIpc) is 2.86. The van der Waals surface area contributed by atoms with Gasteiger partial charge < -0.3 is 9.84 Å². The van der Waals surface area contributed by atoms with E-state index < -0.39 is 0 Å². The summed E-state index contributed by atoms with van der Waals surface area (Å²) in [5, 5.41) is 10.2. The summed E-state index contributed by atoms with van der Waals surface area (Å²) in [7, 11) is 0. The predicted octanol–water partition coefficient (Wildman–Crippen LogP) is 2.09. The van der Waals surface area contributed by atoms with Crippen LogP contribution in [0.3, 0.4) is 0 Å². The first-order chi connectivity index (χ1) is 6.84. The molecule has 0 bridgehead atoms. The van der Waals surface area contributed by atoms with Crippen LogP contribution in [-0.2, 0) is 4.74 Å². The Balaban J connectivity index is 1.63. The number of rotatable bonds is 2. The largest absolute Gasteiger partial charge is 0.501 e. The summed E-state index contributed by atoms with van der Waals surface area (Å²) in [6.07, 6.45) is 7.64. The van der Waals surface area contributed by atoms with Crippen molar-refractivity contribution >= 4 is 0 Å². The molecular formula is C12H18O2. The van der Waals surface area contributed by atoms with Gasteiger partial charge >= 0.3 is 0 Å². The fourth-order valence-corrected chi connectivity index (χ4v) is 3.12. The Hall–Kier alpha value is -0.500. The summed E-state index contributed by atoms with van der Waals surface area (Å²) in [4.78, 5) is 0. The molecule has 1 heterocycles. The summed E-state index contributed by atoms with van der Waals surface area (Å²) < 4.78 is 5.28. The lowest BCUT2D eigenvalue weighted by molar-refractivity contribution is 0.116. The molecule has 2 heteroatoms. The molecule has 0 aromatic rings. The van der Waals surface area contributed by atoms with Crippen LogP contribution in [0.4, 0.5) is 0 Å². The highest BCUT2D eigenvalue weighted by atomic mass is 16.5. The Morgan fingerprint density at radius 3 is 2.71 bits per heavy atom. The molecule has 3 rings (SSSR count). The van der Waals surface area contributed by atoms with Gasteiger partial charge in [-0.15, -0.1) is 0 Å². The molecule has 0 aromatic heterocycles. The Morgan fingerprint density at radius 2 is 2.07 bits per heavy atom. The van der Waals surface area contributed by atoms with Gasteiger partial charge in [0.2, 0.25) is 0 Å². The van der Waals surface area contributed by atoms with Gasteiger partial charge in [-0.25, -0.2) is 0 Å².